The minimum atomic E-state index is -0.814. The number of nitrogens with zero attached hydrogens (tertiary/aromatic N) is 1. The molecule has 1 atom stereocenters. The van der Waals surface area contributed by atoms with Crippen LogP contribution in [0.1, 0.15) is 41.6 Å². The lowest BCUT2D eigenvalue weighted by Crippen LogP contribution is -2.29. The first-order valence-corrected chi connectivity index (χ1v) is 12.0. The second kappa shape index (κ2) is 9.19. The number of hydrogen-bond donors (Lipinski definition) is 0. The molecule has 0 N–H and O–H groups in total. The van der Waals surface area contributed by atoms with Crippen LogP contribution >= 0.6 is 15.9 Å². The third kappa shape index (κ3) is 3.97. The molecule has 0 radical (unpaired) electrons. The van der Waals surface area contributed by atoms with E-state index in [9.17, 15) is 14.0 Å². The van der Waals surface area contributed by atoms with Crippen LogP contribution in [0.4, 0.5) is 10.1 Å². The van der Waals surface area contributed by atoms with Gasteiger partial charge >= 0.3 is 0 Å². The zero-order valence-corrected chi connectivity index (χ0v) is 20.6. The fourth-order valence-electron chi connectivity index (χ4n) is 4.39. The van der Waals surface area contributed by atoms with Gasteiger partial charge in [-0.05, 0) is 67.9 Å². The van der Waals surface area contributed by atoms with Crippen LogP contribution in [0.2, 0.25) is 0 Å². The van der Waals surface area contributed by atoms with Gasteiger partial charge in [-0.2, -0.15) is 0 Å². The third-order valence-corrected chi connectivity index (χ3v) is 6.29. The molecule has 1 aliphatic rings. The summed E-state index contributed by atoms with van der Waals surface area (Å²) < 4.78 is 32.2. The molecule has 6 nitrogen and oxygen atoms in total. The van der Waals surface area contributed by atoms with E-state index in [2.05, 4.69) is 15.9 Å². The number of amides is 1. The number of carbonyl (C=O) groups is 1. The Bertz CT molecular complexity index is 1520. The lowest BCUT2D eigenvalue weighted by Gasteiger charge is -2.26. The molecule has 1 aromatic heterocycles. The van der Waals surface area contributed by atoms with E-state index in [-0.39, 0.29) is 22.3 Å². The largest absolute Gasteiger partial charge is 0.490 e. The zero-order chi connectivity index (χ0) is 24.7. The highest BCUT2D eigenvalue weighted by Gasteiger charge is 2.44. The van der Waals surface area contributed by atoms with E-state index in [1.165, 1.54) is 17.0 Å². The molecule has 4 aromatic rings. The summed E-state index contributed by atoms with van der Waals surface area (Å²) in [5.41, 5.74) is 1.05. The molecule has 0 saturated heterocycles. The Labute approximate surface area is 209 Å². The Morgan fingerprint density at radius 1 is 0.971 bits per heavy atom. The third-order valence-electron chi connectivity index (χ3n) is 5.80. The van der Waals surface area contributed by atoms with E-state index in [1.807, 2.05) is 19.9 Å². The topological polar surface area (TPSA) is 69.0 Å². The molecule has 0 spiro atoms. The van der Waals surface area contributed by atoms with Crippen molar-refractivity contribution in [1.82, 2.24) is 0 Å². The van der Waals surface area contributed by atoms with E-state index in [0.29, 0.717) is 36.0 Å². The molecule has 0 fully saturated rings. The van der Waals surface area contributed by atoms with Crippen LogP contribution in [0.15, 0.2) is 74.3 Å². The van der Waals surface area contributed by atoms with Crippen LogP contribution < -0.4 is 19.8 Å². The number of carbonyl (C=O) groups excluding carboxylic acids is 1. The average molecular weight is 538 g/mol. The van der Waals surface area contributed by atoms with Gasteiger partial charge in [0.2, 0.25) is 5.76 Å². The van der Waals surface area contributed by atoms with Crippen molar-refractivity contribution in [1.29, 1.82) is 0 Å². The smallest absolute Gasteiger partial charge is 0.295 e. The molecule has 3 aromatic carbocycles. The van der Waals surface area contributed by atoms with Crippen molar-refractivity contribution >= 4 is 38.5 Å². The van der Waals surface area contributed by atoms with Crippen molar-refractivity contribution in [3.05, 3.63) is 98.1 Å². The molecule has 1 unspecified atom stereocenters. The molecule has 1 aliphatic heterocycles. The van der Waals surface area contributed by atoms with Crippen molar-refractivity contribution in [3.63, 3.8) is 0 Å². The summed E-state index contributed by atoms with van der Waals surface area (Å²) in [6, 6.07) is 15.4. The Kier molecular flexibility index (Phi) is 6.06. The summed E-state index contributed by atoms with van der Waals surface area (Å²) in [4.78, 5) is 28.9. The molecule has 1 amide bonds. The number of rotatable bonds is 6. The van der Waals surface area contributed by atoms with E-state index < -0.39 is 23.2 Å². The maximum absolute atomic E-state index is 14.0. The molecule has 5 rings (SSSR count). The summed E-state index contributed by atoms with van der Waals surface area (Å²) in [6.45, 7) is 4.60. The van der Waals surface area contributed by atoms with Crippen molar-refractivity contribution < 1.29 is 23.1 Å². The second-order valence-electron chi connectivity index (χ2n) is 7.94. The van der Waals surface area contributed by atoms with E-state index in [1.54, 1.807) is 36.4 Å². The van der Waals surface area contributed by atoms with E-state index >= 15 is 0 Å². The van der Waals surface area contributed by atoms with Gasteiger partial charge in [0, 0.05) is 10.2 Å². The Hall–Kier alpha value is -3.65. The highest BCUT2D eigenvalue weighted by molar-refractivity contribution is 9.10. The lowest BCUT2D eigenvalue weighted by molar-refractivity contribution is 0.0971. The van der Waals surface area contributed by atoms with Gasteiger partial charge in [-0.1, -0.05) is 28.1 Å². The van der Waals surface area contributed by atoms with Crippen LogP contribution in [-0.4, -0.2) is 19.1 Å². The fourth-order valence-corrected chi connectivity index (χ4v) is 4.78. The van der Waals surface area contributed by atoms with Gasteiger partial charge in [-0.3, -0.25) is 14.5 Å². The first-order valence-electron chi connectivity index (χ1n) is 11.2. The first kappa shape index (κ1) is 23.1. The number of hydrogen-bond acceptors (Lipinski definition) is 5. The number of anilines is 1. The molecule has 2 heterocycles. The average Bonchev–Trinajstić information content (AvgIpc) is 3.13. The molecule has 0 bridgehead atoms. The molecule has 0 saturated carbocycles. The predicted octanol–water partition coefficient (Wildman–Crippen LogP) is 6.24. The summed E-state index contributed by atoms with van der Waals surface area (Å²) >= 11 is 3.46. The number of fused-ring (bicyclic) bond motifs is 2. The number of benzene rings is 3. The van der Waals surface area contributed by atoms with Crippen LogP contribution in [0.5, 0.6) is 11.5 Å². The monoisotopic (exact) mass is 537 g/mol. The molecular weight excluding hydrogens is 517 g/mol. The maximum atomic E-state index is 14.0. The van der Waals surface area contributed by atoms with Gasteiger partial charge in [0.15, 0.2) is 16.9 Å². The first-order chi connectivity index (χ1) is 16.9. The minimum Gasteiger partial charge on any atom is -0.490 e. The van der Waals surface area contributed by atoms with Crippen molar-refractivity contribution in [2.45, 2.75) is 19.9 Å². The summed E-state index contributed by atoms with van der Waals surface area (Å²) in [6.07, 6.45) is 0. The van der Waals surface area contributed by atoms with Crippen LogP contribution in [0.3, 0.4) is 0 Å². The van der Waals surface area contributed by atoms with Gasteiger partial charge in [0.05, 0.1) is 30.2 Å². The molecule has 8 heteroatoms. The Balaban J connectivity index is 1.79. The zero-order valence-electron chi connectivity index (χ0n) is 19.0. The van der Waals surface area contributed by atoms with Crippen LogP contribution in [0.25, 0.3) is 11.0 Å². The molecule has 35 heavy (non-hydrogen) atoms. The summed E-state index contributed by atoms with van der Waals surface area (Å²) in [7, 11) is 0. The van der Waals surface area contributed by atoms with Gasteiger partial charge in [0.25, 0.3) is 5.91 Å². The number of halogens is 2. The SMILES string of the molecule is CCOc1ccc(C2c3c(oc4ccc(F)cc4c3=O)C(=O)N2c2cccc(Br)c2)cc1OCC. The molecular formula is C27H21BrFNO5. The van der Waals surface area contributed by atoms with Gasteiger partial charge in [0.1, 0.15) is 11.4 Å². The Morgan fingerprint density at radius 2 is 1.74 bits per heavy atom. The summed E-state index contributed by atoms with van der Waals surface area (Å²) in [5.74, 6) is -0.0270. The van der Waals surface area contributed by atoms with Gasteiger partial charge < -0.3 is 13.9 Å². The molecule has 0 aliphatic carbocycles. The van der Waals surface area contributed by atoms with Gasteiger partial charge in [-0.25, -0.2) is 4.39 Å². The lowest BCUT2D eigenvalue weighted by atomic mass is 9.97. The summed E-state index contributed by atoms with van der Waals surface area (Å²) in [5, 5.41) is 0.0774. The van der Waals surface area contributed by atoms with E-state index in [4.69, 9.17) is 13.9 Å². The fraction of sp³-hybridized carbons (Fsp3) is 0.185. The van der Waals surface area contributed by atoms with Crippen molar-refractivity contribution in [2.75, 3.05) is 18.1 Å². The van der Waals surface area contributed by atoms with Crippen molar-refractivity contribution in [2.24, 2.45) is 0 Å². The highest BCUT2D eigenvalue weighted by atomic mass is 79.9. The van der Waals surface area contributed by atoms with Crippen molar-refractivity contribution in [3.8, 4) is 11.5 Å². The predicted molar refractivity (Wildman–Crippen MR) is 134 cm³/mol. The Morgan fingerprint density at radius 3 is 2.49 bits per heavy atom. The van der Waals surface area contributed by atoms with E-state index in [0.717, 1.165) is 10.5 Å². The normalized spacial score (nSPS) is 14.9. The maximum Gasteiger partial charge on any atom is 0.295 e. The number of ether oxygens (including phenoxy) is 2. The highest BCUT2D eigenvalue weighted by Crippen LogP contribution is 2.43. The standard InChI is InChI=1S/C27H21BrFNO5/c1-3-33-21-10-8-15(12-22(21)34-4-2)24-23-25(31)19-14-17(29)9-11-20(19)35-26(23)27(32)30(24)18-7-5-6-16(28)13-18/h5-14,24H,3-4H2,1-2H3. The second-order valence-corrected chi connectivity index (χ2v) is 8.86. The quantitative estimate of drug-likeness (QED) is 0.291. The van der Waals surface area contributed by atoms with Gasteiger partial charge in [-0.15, -0.1) is 0 Å². The minimum absolute atomic E-state index is 0.0640. The van der Waals surface area contributed by atoms with Crippen LogP contribution in [-0.2, 0) is 0 Å². The van der Waals surface area contributed by atoms with Crippen LogP contribution in [0, 0.1) is 5.82 Å². The molecule has 178 valence electrons.